The van der Waals surface area contributed by atoms with Crippen LogP contribution in [0.5, 0.6) is 0 Å². The third-order valence-electron chi connectivity index (χ3n) is 2.82. The Morgan fingerprint density at radius 3 is 2.16 bits per heavy atom. The molecular formula is C16H18N2S. The molecule has 0 atom stereocenters. The van der Waals surface area contributed by atoms with Gasteiger partial charge in [-0.25, -0.2) is 0 Å². The largest absolute Gasteiger partial charge is 0.363 e. The molecule has 0 saturated carbocycles. The monoisotopic (exact) mass is 270 g/mol. The van der Waals surface area contributed by atoms with Gasteiger partial charge in [-0.05, 0) is 36.8 Å². The Bertz CT molecular complexity index is 511. The van der Waals surface area contributed by atoms with Gasteiger partial charge in [-0.15, -0.1) is 0 Å². The molecular weight excluding hydrogens is 252 g/mol. The predicted octanol–water partition coefficient (Wildman–Crippen LogP) is 3.59. The highest BCUT2D eigenvalue weighted by atomic mass is 32.1. The molecule has 0 aliphatic heterocycles. The molecule has 0 saturated heterocycles. The molecule has 98 valence electrons. The summed E-state index contributed by atoms with van der Waals surface area (Å²) in [6, 6.07) is 20.6. The van der Waals surface area contributed by atoms with Gasteiger partial charge in [0.05, 0.1) is 6.54 Å². The number of hydrogen-bond acceptors (Lipinski definition) is 1. The normalized spacial score (nSPS) is 9.95. The van der Waals surface area contributed by atoms with E-state index in [1.165, 1.54) is 5.56 Å². The average Bonchev–Trinajstić information content (AvgIpc) is 2.47. The van der Waals surface area contributed by atoms with E-state index in [0.29, 0.717) is 0 Å². The fourth-order valence-electron chi connectivity index (χ4n) is 1.90. The van der Waals surface area contributed by atoms with E-state index in [9.17, 15) is 0 Å². The van der Waals surface area contributed by atoms with Crippen molar-refractivity contribution in [2.24, 2.45) is 0 Å². The van der Waals surface area contributed by atoms with Crippen molar-refractivity contribution in [3.8, 4) is 0 Å². The summed E-state index contributed by atoms with van der Waals surface area (Å²) < 4.78 is 0. The van der Waals surface area contributed by atoms with Crippen molar-refractivity contribution in [3.63, 3.8) is 0 Å². The highest BCUT2D eigenvalue weighted by Crippen LogP contribution is 2.17. The van der Waals surface area contributed by atoms with Crippen molar-refractivity contribution in [1.82, 2.24) is 5.32 Å². The summed E-state index contributed by atoms with van der Waals surface area (Å²) in [7, 11) is 0. The molecule has 2 nitrogen and oxygen atoms in total. The molecule has 0 aliphatic carbocycles. The molecule has 3 heteroatoms. The minimum Gasteiger partial charge on any atom is -0.363 e. The first-order chi connectivity index (χ1) is 9.31. The maximum absolute atomic E-state index is 5.47. The summed E-state index contributed by atoms with van der Waals surface area (Å²) in [4.78, 5) is 2.12. The topological polar surface area (TPSA) is 15.3 Å². The van der Waals surface area contributed by atoms with Gasteiger partial charge < -0.3 is 10.2 Å². The number of thiocarbonyl (C=S) groups is 1. The number of nitrogens with one attached hydrogen (secondary N) is 1. The fraction of sp³-hybridized carbons (Fsp3) is 0.188. The van der Waals surface area contributed by atoms with Crippen molar-refractivity contribution in [3.05, 3.63) is 66.2 Å². The van der Waals surface area contributed by atoms with Crippen molar-refractivity contribution in [1.29, 1.82) is 0 Å². The number of hydrogen-bond donors (Lipinski definition) is 1. The lowest BCUT2D eigenvalue weighted by atomic mass is 10.2. The Morgan fingerprint density at radius 2 is 1.58 bits per heavy atom. The molecule has 0 spiro atoms. The van der Waals surface area contributed by atoms with Crippen LogP contribution in [0.1, 0.15) is 12.5 Å². The van der Waals surface area contributed by atoms with E-state index in [1.807, 2.05) is 24.3 Å². The first-order valence-electron chi connectivity index (χ1n) is 6.45. The maximum atomic E-state index is 5.47. The highest BCUT2D eigenvalue weighted by Gasteiger charge is 2.11. The average molecular weight is 270 g/mol. The molecule has 2 aromatic rings. The van der Waals surface area contributed by atoms with Crippen LogP contribution in [-0.2, 0) is 6.54 Å². The van der Waals surface area contributed by atoms with Crippen molar-refractivity contribution in [2.45, 2.75) is 13.5 Å². The van der Waals surface area contributed by atoms with E-state index in [0.717, 1.165) is 23.9 Å². The standard InChI is InChI=1S/C16H18N2S/c1-2-17-16(19)18(15-11-7-4-8-12-15)13-14-9-5-3-6-10-14/h3-12H,2,13H2,1H3,(H,17,19). The molecule has 0 heterocycles. The lowest BCUT2D eigenvalue weighted by molar-refractivity contribution is 0.912. The SMILES string of the molecule is CCNC(=S)N(Cc1ccccc1)c1ccccc1. The molecule has 2 rings (SSSR count). The number of benzene rings is 2. The third-order valence-corrected chi connectivity index (χ3v) is 3.19. The van der Waals surface area contributed by atoms with Crippen LogP contribution in [0.4, 0.5) is 5.69 Å². The minimum absolute atomic E-state index is 0.762. The number of rotatable bonds is 4. The summed E-state index contributed by atoms with van der Waals surface area (Å²) in [6.45, 7) is 3.66. The van der Waals surface area contributed by atoms with Gasteiger partial charge >= 0.3 is 0 Å². The zero-order chi connectivity index (χ0) is 13.5. The lowest BCUT2D eigenvalue weighted by Gasteiger charge is -2.25. The third kappa shape index (κ3) is 3.80. The van der Waals surface area contributed by atoms with Gasteiger partial charge in [-0.2, -0.15) is 0 Å². The number of nitrogens with zero attached hydrogens (tertiary/aromatic N) is 1. The Morgan fingerprint density at radius 1 is 1.00 bits per heavy atom. The summed E-state index contributed by atoms with van der Waals surface area (Å²) >= 11 is 5.47. The quantitative estimate of drug-likeness (QED) is 0.855. The van der Waals surface area contributed by atoms with Gasteiger partial charge in [0.2, 0.25) is 0 Å². The lowest BCUT2D eigenvalue weighted by Crippen LogP contribution is -2.39. The van der Waals surface area contributed by atoms with Crippen LogP contribution in [0, 0.1) is 0 Å². The zero-order valence-corrected chi connectivity index (χ0v) is 11.9. The second kappa shape index (κ2) is 6.90. The fourth-order valence-corrected chi connectivity index (χ4v) is 2.22. The Kier molecular flexibility index (Phi) is 4.93. The molecule has 0 fully saturated rings. The van der Waals surface area contributed by atoms with Gasteiger partial charge in [0.25, 0.3) is 0 Å². The van der Waals surface area contributed by atoms with E-state index in [2.05, 4.69) is 53.5 Å². The number of para-hydroxylation sites is 1. The van der Waals surface area contributed by atoms with Crippen LogP contribution in [0.15, 0.2) is 60.7 Å². The first kappa shape index (κ1) is 13.6. The van der Waals surface area contributed by atoms with E-state index < -0.39 is 0 Å². The maximum Gasteiger partial charge on any atom is 0.173 e. The van der Waals surface area contributed by atoms with Gasteiger partial charge in [0.15, 0.2) is 5.11 Å². The van der Waals surface area contributed by atoms with Crippen molar-refractivity contribution >= 4 is 23.0 Å². The van der Waals surface area contributed by atoms with Gasteiger partial charge in [0.1, 0.15) is 0 Å². The molecule has 0 aromatic heterocycles. The molecule has 0 unspecified atom stereocenters. The summed E-state index contributed by atoms with van der Waals surface area (Å²) in [5.74, 6) is 0. The second-order valence-electron chi connectivity index (χ2n) is 4.24. The molecule has 0 amide bonds. The van der Waals surface area contributed by atoms with Crippen LogP contribution in [0.2, 0.25) is 0 Å². The van der Waals surface area contributed by atoms with Crippen LogP contribution in [0.3, 0.4) is 0 Å². The molecule has 19 heavy (non-hydrogen) atoms. The minimum atomic E-state index is 0.762. The van der Waals surface area contributed by atoms with E-state index >= 15 is 0 Å². The van der Waals surface area contributed by atoms with Gasteiger partial charge in [0, 0.05) is 12.2 Å². The predicted molar refractivity (Wildman–Crippen MR) is 85.3 cm³/mol. The van der Waals surface area contributed by atoms with E-state index in [1.54, 1.807) is 0 Å². The Hall–Kier alpha value is -1.87. The second-order valence-corrected chi connectivity index (χ2v) is 4.63. The molecule has 0 bridgehead atoms. The van der Waals surface area contributed by atoms with Crippen LogP contribution in [0.25, 0.3) is 0 Å². The number of anilines is 1. The smallest absolute Gasteiger partial charge is 0.173 e. The van der Waals surface area contributed by atoms with Crippen molar-refractivity contribution < 1.29 is 0 Å². The Labute approximate surface area is 120 Å². The van der Waals surface area contributed by atoms with Crippen LogP contribution >= 0.6 is 12.2 Å². The molecule has 0 radical (unpaired) electrons. The molecule has 0 aliphatic rings. The van der Waals surface area contributed by atoms with E-state index in [-0.39, 0.29) is 0 Å². The summed E-state index contributed by atoms with van der Waals surface area (Å²) in [5.41, 5.74) is 2.35. The zero-order valence-electron chi connectivity index (χ0n) is 11.0. The van der Waals surface area contributed by atoms with Crippen LogP contribution in [-0.4, -0.2) is 11.7 Å². The summed E-state index contributed by atoms with van der Waals surface area (Å²) in [6.07, 6.45) is 0. The van der Waals surface area contributed by atoms with Crippen LogP contribution < -0.4 is 10.2 Å². The highest BCUT2D eigenvalue weighted by molar-refractivity contribution is 7.80. The summed E-state index contributed by atoms with van der Waals surface area (Å²) in [5, 5.41) is 3.98. The Balaban J connectivity index is 2.22. The molecule has 1 N–H and O–H groups in total. The van der Waals surface area contributed by atoms with Gasteiger partial charge in [-0.1, -0.05) is 48.5 Å². The van der Waals surface area contributed by atoms with E-state index in [4.69, 9.17) is 12.2 Å². The molecule has 2 aromatic carbocycles. The van der Waals surface area contributed by atoms with Gasteiger partial charge in [-0.3, -0.25) is 0 Å². The van der Waals surface area contributed by atoms with Crippen molar-refractivity contribution in [2.75, 3.05) is 11.4 Å². The first-order valence-corrected chi connectivity index (χ1v) is 6.86.